The molecule has 0 radical (unpaired) electrons. The molecule has 0 aliphatic carbocycles. The Kier molecular flexibility index (Phi) is 10.4. The Balaban J connectivity index is 1.10. The molecule has 78 heavy (non-hydrogen) atoms. The summed E-state index contributed by atoms with van der Waals surface area (Å²) in [4.78, 5) is 0. The van der Waals surface area contributed by atoms with E-state index in [1.54, 1.807) is 0 Å². The molecule has 0 heteroatoms. The lowest BCUT2D eigenvalue weighted by atomic mass is 9.80. The molecule has 0 heterocycles. The Hall–Kier alpha value is -8.06. The predicted molar refractivity (Wildman–Crippen MR) is 343 cm³/mol. The number of fused-ring (bicyclic) bond motifs is 9. The molecule has 0 N–H and O–H groups in total. The number of rotatable bonds is 4. The molecule has 0 amide bonds. The van der Waals surface area contributed by atoms with Crippen molar-refractivity contribution in [3.63, 3.8) is 0 Å². The van der Waals surface area contributed by atoms with Crippen molar-refractivity contribution in [2.75, 3.05) is 0 Å². The van der Waals surface area contributed by atoms with Crippen LogP contribution in [0.4, 0.5) is 0 Å². The van der Waals surface area contributed by atoms with E-state index in [2.05, 4.69) is 277 Å². The zero-order chi connectivity index (χ0) is 53.9. The van der Waals surface area contributed by atoms with E-state index >= 15 is 0 Å². The van der Waals surface area contributed by atoms with Crippen LogP contribution >= 0.6 is 0 Å². The van der Waals surface area contributed by atoms with Crippen LogP contribution in [0.1, 0.15) is 105 Å². The lowest BCUT2D eigenvalue weighted by Gasteiger charge is -2.24. The molecule has 0 aliphatic heterocycles. The Morgan fingerprint density at radius 2 is 0.551 bits per heavy atom. The van der Waals surface area contributed by atoms with Gasteiger partial charge < -0.3 is 0 Å². The molecule has 14 aromatic carbocycles. The summed E-state index contributed by atoms with van der Waals surface area (Å²) in [5.74, 6) is 0. The third-order valence-electron chi connectivity index (χ3n) is 17.7. The van der Waals surface area contributed by atoms with E-state index in [9.17, 15) is 0 Å². The van der Waals surface area contributed by atoms with Crippen molar-refractivity contribution in [2.24, 2.45) is 0 Å². The summed E-state index contributed by atoms with van der Waals surface area (Å²) in [6, 6.07) is 75.8. The van der Waals surface area contributed by atoms with Gasteiger partial charge in [0.1, 0.15) is 0 Å². The highest BCUT2D eigenvalue weighted by Gasteiger charge is 2.28. The molecule has 0 spiro atoms. The fourth-order valence-electron chi connectivity index (χ4n) is 13.5. The number of benzene rings is 12. The van der Waals surface area contributed by atoms with Crippen molar-refractivity contribution in [3.8, 4) is 44.5 Å². The molecule has 0 saturated carbocycles. The fraction of sp³-hybridized carbons (Fsp3) is 0.205. The van der Waals surface area contributed by atoms with Crippen LogP contribution in [-0.2, 0) is 21.7 Å². The molecule has 0 nitrogen and oxygen atoms in total. The highest BCUT2D eigenvalue weighted by molar-refractivity contribution is 6.43. The van der Waals surface area contributed by atoms with Crippen molar-refractivity contribution < 1.29 is 0 Å². The quantitative estimate of drug-likeness (QED) is 0.165. The lowest BCUT2D eigenvalue weighted by molar-refractivity contribution is 0.589. The number of hydrogen-bond donors (Lipinski definition) is 0. The molecule has 0 saturated heterocycles. The Labute approximate surface area is 460 Å². The maximum Gasteiger partial charge on any atom is -0.000740 e. The molecule has 380 valence electrons. The van der Waals surface area contributed by atoms with E-state index in [1.807, 2.05) is 0 Å². The van der Waals surface area contributed by atoms with Crippen LogP contribution in [0.15, 0.2) is 194 Å². The molecule has 0 aliphatic rings. The van der Waals surface area contributed by atoms with Gasteiger partial charge in [-0.15, -0.1) is 0 Å². The minimum Gasteiger partial charge on any atom is -0.0622 e. The fourth-order valence-corrected chi connectivity index (χ4v) is 13.5. The first kappa shape index (κ1) is 48.3. The van der Waals surface area contributed by atoms with Gasteiger partial charge in [-0.2, -0.15) is 0 Å². The van der Waals surface area contributed by atoms with Crippen molar-refractivity contribution in [1.82, 2.24) is 0 Å². The van der Waals surface area contributed by atoms with E-state index in [-0.39, 0.29) is 21.7 Å². The van der Waals surface area contributed by atoms with E-state index in [1.165, 1.54) is 164 Å². The summed E-state index contributed by atoms with van der Waals surface area (Å²) in [6.07, 6.45) is 0. The SMILES string of the molecule is CC(C)(C)c1ccc2c(-c3ccc4c5cc6c(-c7ccccc7)c7c8ccc(-c9cc(C(C)(C)C)cc%10cc(C(C)(C)C)ccc9%10)c9cccc(c7c(-c7ccccc7)c6cc5c5cccc3c54)c98)cc(C(C)(C)C)cc2c1. The maximum absolute atomic E-state index is 2.57. The molecular formula is C78H68. The average molecular weight is 1010 g/mol. The second-order valence-electron chi connectivity index (χ2n) is 26.9. The molecule has 0 fully saturated rings. The first-order valence-corrected chi connectivity index (χ1v) is 28.3. The summed E-state index contributed by atoms with van der Waals surface area (Å²) in [5.41, 5.74) is 15.7. The van der Waals surface area contributed by atoms with Gasteiger partial charge in [0.25, 0.3) is 0 Å². The molecule has 0 unspecified atom stereocenters. The van der Waals surface area contributed by atoms with Gasteiger partial charge in [-0.05, 0) is 210 Å². The molecule has 0 atom stereocenters. The maximum atomic E-state index is 2.57. The van der Waals surface area contributed by atoms with Gasteiger partial charge in [0.2, 0.25) is 0 Å². The van der Waals surface area contributed by atoms with Gasteiger partial charge in [-0.3, -0.25) is 0 Å². The monoisotopic (exact) mass is 1000 g/mol. The van der Waals surface area contributed by atoms with Crippen LogP contribution in [0.5, 0.6) is 0 Å². The second-order valence-corrected chi connectivity index (χ2v) is 26.9. The van der Waals surface area contributed by atoms with E-state index < -0.39 is 0 Å². The molecule has 0 bridgehead atoms. The van der Waals surface area contributed by atoms with Gasteiger partial charge in [-0.1, -0.05) is 253 Å². The zero-order valence-corrected chi connectivity index (χ0v) is 47.5. The Bertz CT molecular complexity index is 4640. The van der Waals surface area contributed by atoms with Gasteiger partial charge in [0.05, 0.1) is 0 Å². The minimum atomic E-state index is -0.0284. The highest BCUT2D eigenvalue weighted by atomic mass is 14.3. The van der Waals surface area contributed by atoms with Gasteiger partial charge >= 0.3 is 0 Å². The first-order valence-electron chi connectivity index (χ1n) is 28.3. The van der Waals surface area contributed by atoms with Crippen LogP contribution < -0.4 is 0 Å². The van der Waals surface area contributed by atoms with Gasteiger partial charge in [-0.25, -0.2) is 0 Å². The van der Waals surface area contributed by atoms with E-state index in [0.717, 1.165) is 0 Å². The summed E-state index contributed by atoms with van der Waals surface area (Å²) in [5, 5.41) is 23.5. The highest BCUT2D eigenvalue weighted by Crippen LogP contribution is 2.55. The smallest absolute Gasteiger partial charge is 0.000740 e. The van der Waals surface area contributed by atoms with E-state index in [0.29, 0.717) is 0 Å². The largest absolute Gasteiger partial charge is 0.0622 e. The second kappa shape index (κ2) is 16.7. The summed E-state index contributed by atoms with van der Waals surface area (Å²) < 4.78 is 0. The van der Waals surface area contributed by atoms with Crippen molar-refractivity contribution in [2.45, 2.75) is 105 Å². The topological polar surface area (TPSA) is 0 Å². The summed E-state index contributed by atoms with van der Waals surface area (Å²) in [6.45, 7) is 28.0. The first-order chi connectivity index (χ1) is 37.2. The van der Waals surface area contributed by atoms with Crippen LogP contribution in [0, 0.1) is 0 Å². The third kappa shape index (κ3) is 7.32. The van der Waals surface area contributed by atoms with Crippen molar-refractivity contribution in [3.05, 3.63) is 216 Å². The Morgan fingerprint density at radius 1 is 0.205 bits per heavy atom. The third-order valence-corrected chi connectivity index (χ3v) is 17.7. The zero-order valence-electron chi connectivity index (χ0n) is 47.5. The van der Waals surface area contributed by atoms with Gasteiger partial charge in [0, 0.05) is 0 Å². The summed E-state index contributed by atoms with van der Waals surface area (Å²) in [7, 11) is 0. The Morgan fingerprint density at radius 3 is 0.987 bits per heavy atom. The summed E-state index contributed by atoms with van der Waals surface area (Å²) >= 11 is 0. The molecule has 0 aromatic heterocycles. The van der Waals surface area contributed by atoms with Crippen LogP contribution in [-0.4, -0.2) is 0 Å². The number of hydrogen-bond acceptors (Lipinski definition) is 0. The van der Waals surface area contributed by atoms with Crippen molar-refractivity contribution >= 4 is 97.0 Å². The standard InChI is InChI=1S/C78H68/c1-75(2,3)49-29-31-53-47(37-49)39-51(77(7,8)9)41-63(53)55-33-35-60-66-44-68-67(43-65(66)59-27-19-25-57(55)71(59)60)69(45-21-15-13-16-22-45)73-61-28-20-26-58-56(34-36-62(72(58)61)74(73)70(68)46-23-17-14-18-24-46)64-42-52(78(10,11)12)40-48-38-50(76(4,5)6)30-32-54(48)64/h13-44H,1-12H3. The van der Waals surface area contributed by atoms with Crippen LogP contribution in [0.2, 0.25) is 0 Å². The molecule has 14 rings (SSSR count). The molecule has 14 aromatic rings. The van der Waals surface area contributed by atoms with Gasteiger partial charge in [0.15, 0.2) is 0 Å². The minimum absolute atomic E-state index is 0.0168. The molecular weight excluding hydrogens is 937 g/mol. The van der Waals surface area contributed by atoms with Crippen molar-refractivity contribution in [1.29, 1.82) is 0 Å². The average Bonchev–Trinajstić information content (AvgIpc) is 3.69. The predicted octanol–water partition coefficient (Wildman–Crippen LogP) is 22.8. The lowest BCUT2D eigenvalue weighted by Crippen LogP contribution is -2.12. The van der Waals surface area contributed by atoms with Crippen LogP contribution in [0.25, 0.3) is 141 Å². The van der Waals surface area contributed by atoms with Crippen LogP contribution in [0.3, 0.4) is 0 Å². The normalized spacial score (nSPS) is 13.1. The van der Waals surface area contributed by atoms with E-state index in [4.69, 9.17) is 0 Å².